The van der Waals surface area contributed by atoms with Crippen molar-refractivity contribution in [3.05, 3.63) is 33.8 Å². The molecule has 2 saturated carbocycles. The van der Waals surface area contributed by atoms with Crippen molar-refractivity contribution in [2.45, 2.75) is 38.6 Å². The van der Waals surface area contributed by atoms with E-state index >= 15 is 0 Å². The third-order valence-corrected chi connectivity index (χ3v) is 5.68. The standard InChI is InChI=1S/C16H21Cl2N/c1-2-19-16(12-8-5-9-13(17)15(12)18)14-10-6-3-4-7-11(10)14/h5,8-11,14,16,19H,2-4,6-7H2,1H3. The van der Waals surface area contributed by atoms with Crippen LogP contribution in [0.3, 0.4) is 0 Å². The van der Waals surface area contributed by atoms with Crippen LogP contribution < -0.4 is 5.32 Å². The maximum absolute atomic E-state index is 6.42. The largest absolute Gasteiger partial charge is 0.310 e. The first-order chi connectivity index (χ1) is 9.24. The molecular formula is C16H21Cl2N. The van der Waals surface area contributed by atoms with Gasteiger partial charge in [-0.3, -0.25) is 0 Å². The molecule has 3 rings (SSSR count). The van der Waals surface area contributed by atoms with E-state index in [1.165, 1.54) is 31.2 Å². The normalized spacial score (nSPS) is 30.8. The summed E-state index contributed by atoms with van der Waals surface area (Å²) in [4.78, 5) is 0. The van der Waals surface area contributed by atoms with Crippen LogP contribution in [0.15, 0.2) is 18.2 Å². The molecule has 104 valence electrons. The molecule has 3 unspecified atom stereocenters. The number of hydrogen-bond donors (Lipinski definition) is 1. The molecule has 0 aliphatic heterocycles. The zero-order valence-corrected chi connectivity index (χ0v) is 12.8. The topological polar surface area (TPSA) is 12.0 Å². The first kappa shape index (κ1) is 13.7. The Morgan fingerprint density at radius 2 is 1.89 bits per heavy atom. The fourth-order valence-corrected chi connectivity index (χ4v) is 4.40. The molecule has 0 radical (unpaired) electrons. The molecule has 19 heavy (non-hydrogen) atoms. The molecule has 0 amide bonds. The number of halogens is 2. The molecule has 0 bridgehead atoms. The lowest BCUT2D eigenvalue weighted by atomic mass is 9.99. The van der Waals surface area contributed by atoms with Crippen LogP contribution >= 0.6 is 23.2 Å². The van der Waals surface area contributed by atoms with E-state index in [1.807, 2.05) is 12.1 Å². The Bertz CT molecular complexity index is 448. The molecule has 1 aromatic carbocycles. The van der Waals surface area contributed by atoms with Crippen molar-refractivity contribution in [3.63, 3.8) is 0 Å². The van der Waals surface area contributed by atoms with E-state index in [0.29, 0.717) is 11.1 Å². The number of hydrogen-bond acceptors (Lipinski definition) is 1. The van der Waals surface area contributed by atoms with Crippen LogP contribution in [-0.2, 0) is 0 Å². The molecule has 0 aromatic heterocycles. The third kappa shape index (κ3) is 2.53. The minimum atomic E-state index is 0.379. The van der Waals surface area contributed by atoms with E-state index in [9.17, 15) is 0 Å². The van der Waals surface area contributed by atoms with Gasteiger partial charge in [0, 0.05) is 6.04 Å². The second-order valence-corrected chi connectivity index (χ2v) is 6.65. The molecule has 2 fully saturated rings. The second-order valence-electron chi connectivity index (χ2n) is 5.87. The lowest BCUT2D eigenvalue weighted by Gasteiger charge is -2.20. The van der Waals surface area contributed by atoms with Crippen LogP contribution in [0.5, 0.6) is 0 Å². The average molecular weight is 298 g/mol. The van der Waals surface area contributed by atoms with Gasteiger partial charge in [0.15, 0.2) is 0 Å². The maximum Gasteiger partial charge on any atom is 0.0640 e. The van der Waals surface area contributed by atoms with Gasteiger partial charge in [0.1, 0.15) is 0 Å². The molecule has 0 spiro atoms. The van der Waals surface area contributed by atoms with Crippen LogP contribution in [-0.4, -0.2) is 6.54 Å². The van der Waals surface area contributed by atoms with Gasteiger partial charge in [-0.05, 0) is 48.8 Å². The van der Waals surface area contributed by atoms with Crippen molar-refractivity contribution >= 4 is 23.2 Å². The Balaban J connectivity index is 1.87. The smallest absolute Gasteiger partial charge is 0.0640 e. The quantitative estimate of drug-likeness (QED) is 0.817. The van der Waals surface area contributed by atoms with E-state index in [0.717, 1.165) is 29.3 Å². The Morgan fingerprint density at radius 3 is 2.53 bits per heavy atom. The molecule has 0 heterocycles. The maximum atomic E-state index is 6.42. The molecule has 0 saturated heterocycles. The Labute approximate surface area is 125 Å². The predicted molar refractivity (Wildman–Crippen MR) is 81.8 cm³/mol. The lowest BCUT2D eigenvalue weighted by molar-refractivity contribution is 0.457. The van der Waals surface area contributed by atoms with Gasteiger partial charge in [0.25, 0.3) is 0 Å². The lowest BCUT2D eigenvalue weighted by Crippen LogP contribution is -2.24. The van der Waals surface area contributed by atoms with Gasteiger partial charge in [0.05, 0.1) is 10.0 Å². The summed E-state index contributed by atoms with van der Waals surface area (Å²) in [6, 6.07) is 6.39. The minimum Gasteiger partial charge on any atom is -0.310 e. The summed E-state index contributed by atoms with van der Waals surface area (Å²) in [6.45, 7) is 3.14. The van der Waals surface area contributed by atoms with Gasteiger partial charge in [-0.25, -0.2) is 0 Å². The highest BCUT2D eigenvalue weighted by Gasteiger charge is 2.54. The number of nitrogens with one attached hydrogen (secondary N) is 1. The minimum absolute atomic E-state index is 0.379. The van der Waals surface area contributed by atoms with Crippen molar-refractivity contribution in [2.24, 2.45) is 17.8 Å². The molecule has 2 aliphatic rings. The number of rotatable bonds is 4. The molecule has 1 aromatic rings. The van der Waals surface area contributed by atoms with Gasteiger partial charge in [-0.2, -0.15) is 0 Å². The summed E-state index contributed by atoms with van der Waals surface area (Å²) in [6.07, 6.45) is 5.60. The monoisotopic (exact) mass is 297 g/mol. The van der Waals surface area contributed by atoms with Crippen molar-refractivity contribution in [2.75, 3.05) is 6.54 Å². The highest BCUT2D eigenvalue weighted by Crippen LogP contribution is 2.60. The Kier molecular flexibility index (Phi) is 4.07. The molecule has 2 aliphatic carbocycles. The van der Waals surface area contributed by atoms with E-state index in [-0.39, 0.29) is 0 Å². The first-order valence-electron chi connectivity index (χ1n) is 7.41. The van der Waals surface area contributed by atoms with E-state index < -0.39 is 0 Å². The van der Waals surface area contributed by atoms with Gasteiger partial charge >= 0.3 is 0 Å². The fraction of sp³-hybridized carbons (Fsp3) is 0.625. The average Bonchev–Trinajstić information content (AvgIpc) is 3.14. The second kappa shape index (κ2) is 5.63. The SMILES string of the molecule is CCNC(c1cccc(Cl)c1Cl)C1C2CCCCC21. The van der Waals surface area contributed by atoms with Crippen LogP contribution in [0.1, 0.15) is 44.2 Å². The zero-order chi connectivity index (χ0) is 13.4. The Morgan fingerprint density at radius 1 is 1.21 bits per heavy atom. The number of benzene rings is 1. The summed E-state index contributed by atoms with van der Waals surface area (Å²) >= 11 is 12.6. The highest BCUT2D eigenvalue weighted by molar-refractivity contribution is 6.42. The summed E-state index contributed by atoms with van der Waals surface area (Å²) in [5.41, 5.74) is 1.19. The van der Waals surface area contributed by atoms with Crippen molar-refractivity contribution in [3.8, 4) is 0 Å². The molecule has 1 N–H and O–H groups in total. The van der Waals surface area contributed by atoms with Gasteiger partial charge in [0.2, 0.25) is 0 Å². The molecule has 3 heteroatoms. The summed E-state index contributed by atoms with van der Waals surface area (Å²) in [7, 11) is 0. The van der Waals surface area contributed by atoms with E-state index in [4.69, 9.17) is 23.2 Å². The highest BCUT2D eigenvalue weighted by atomic mass is 35.5. The van der Waals surface area contributed by atoms with Gasteiger partial charge in [-0.1, -0.05) is 55.1 Å². The van der Waals surface area contributed by atoms with Crippen LogP contribution in [0.2, 0.25) is 10.0 Å². The van der Waals surface area contributed by atoms with Gasteiger partial charge < -0.3 is 5.32 Å². The molecular weight excluding hydrogens is 277 g/mol. The van der Waals surface area contributed by atoms with Crippen molar-refractivity contribution in [1.82, 2.24) is 5.32 Å². The molecule has 1 nitrogen and oxygen atoms in total. The first-order valence-corrected chi connectivity index (χ1v) is 8.17. The number of fused-ring (bicyclic) bond motifs is 1. The van der Waals surface area contributed by atoms with Crippen LogP contribution in [0.4, 0.5) is 0 Å². The summed E-state index contributed by atoms with van der Waals surface area (Å²) < 4.78 is 0. The van der Waals surface area contributed by atoms with Gasteiger partial charge in [-0.15, -0.1) is 0 Å². The van der Waals surface area contributed by atoms with E-state index in [2.05, 4.69) is 18.3 Å². The van der Waals surface area contributed by atoms with Crippen molar-refractivity contribution in [1.29, 1.82) is 0 Å². The summed E-state index contributed by atoms with van der Waals surface area (Å²) in [5.74, 6) is 2.58. The van der Waals surface area contributed by atoms with Crippen molar-refractivity contribution < 1.29 is 0 Å². The zero-order valence-electron chi connectivity index (χ0n) is 11.3. The Hall–Kier alpha value is -0.240. The van der Waals surface area contributed by atoms with Crippen LogP contribution in [0, 0.1) is 17.8 Å². The van der Waals surface area contributed by atoms with Crippen LogP contribution in [0.25, 0.3) is 0 Å². The molecule has 3 atom stereocenters. The van der Waals surface area contributed by atoms with E-state index in [1.54, 1.807) is 0 Å². The fourth-order valence-electron chi connectivity index (χ4n) is 3.98. The third-order valence-electron chi connectivity index (χ3n) is 4.85. The predicted octanol–water partition coefficient (Wildman–Crippen LogP) is 5.08. The summed E-state index contributed by atoms with van der Waals surface area (Å²) in [5, 5.41) is 5.05.